The summed E-state index contributed by atoms with van der Waals surface area (Å²) in [6, 6.07) is 8.58. The van der Waals surface area contributed by atoms with Crippen LogP contribution in [0.4, 0.5) is 5.69 Å². The number of carbonyl (C=O) groups is 1. The summed E-state index contributed by atoms with van der Waals surface area (Å²) in [5.41, 5.74) is 7.86. The van der Waals surface area contributed by atoms with E-state index in [-0.39, 0.29) is 11.9 Å². The molecule has 1 aromatic carbocycles. The molecule has 4 nitrogen and oxygen atoms in total. The fraction of sp³-hybridized carbons (Fsp3) is 0.632. The summed E-state index contributed by atoms with van der Waals surface area (Å²) in [5, 5.41) is 3.14. The van der Waals surface area contributed by atoms with Crippen molar-refractivity contribution in [2.45, 2.75) is 64.5 Å². The van der Waals surface area contributed by atoms with Gasteiger partial charge in [0.05, 0.1) is 0 Å². The molecule has 0 radical (unpaired) electrons. The predicted octanol–water partition coefficient (Wildman–Crippen LogP) is 3.31. The minimum Gasteiger partial charge on any atom is -0.372 e. The van der Waals surface area contributed by atoms with Crippen molar-refractivity contribution < 1.29 is 4.79 Å². The second kappa shape index (κ2) is 8.92. The van der Waals surface area contributed by atoms with Gasteiger partial charge < -0.3 is 16.0 Å². The van der Waals surface area contributed by atoms with Gasteiger partial charge in [-0.2, -0.15) is 0 Å². The van der Waals surface area contributed by atoms with Crippen molar-refractivity contribution in [2.24, 2.45) is 5.73 Å². The van der Waals surface area contributed by atoms with Crippen LogP contribution in [0.15, 0.2) is 24.3 Å². The topological polar surface area (TPSA) is 58.4 Å². The Morgan fingerprint density at radius 3 is 2.39 bits per heavy atom. The van der Waals surface area contributed by atoms with Gasteiger partial charge in [0.1, 0.15) is 0 Å². The number of unbranched alkanes of at least 4 members (excludes halogenated alkanes) is 1. The van der Waals surface area contributed by atoms with Crippen molar-refractivity contribution in [3.63, 3.8) is 0 Å². The second-order valence-electron chi connectivity index (χ2n) is 6.57. The van der Waals surface area contributed by atoms with E-state index in [0.717, 1.165) is 44.3 Å². The van der Waals surface area contributed by atoms with Crippen LogP contribution < -0.4 is 16.0 Å². The molecule has 0 atom stereocenters. The Balaban J connectivity index is 1.91. The number of nitrogens with two attached hydrogens (primary N) is 1. The van der Waals surface area contributed by atoms with Crippen molar-refractivity contribution in [2.75, 3.05) is 18.0 Å². The molecule has 4 heteroatoms. The Bertz CT molecular complexity index is 478. The molecule has 1 amide bonds. The van der Waals surface area contributed by atoms with E-state index in [4.69, 9.17) is 5.73 Å². The monoisotopic (exact) mass is 317 g/mol. The molecule has 23 heavy (non-hydrogen) atoms. The van der Waals surface area contributed by atoms with Crippen molar-refractivity contribution in [1.82, 2.24) is 5.32 Å². The summed E-state index contributed by atoms with van der Waals surface area (Å²) >= 11 is 0. The highest BCUT2D eigenvalue weighted by atomic mass is 16.1. The molecule has 2 rings (SSSR count). The molecule has 0 saturated heterocycles. The highest BCUT2D eigenvalue weighted by molar-refractivity contribution is 5.94. The molecule has 1 saturated carbocycles. The lowest BCUT2D eigenvalue weighted by Gasteiger charge is -2.27. The number of rotatable bonds is 7. The first kappa shape index (κ1) is 17.8. The number of hydrogen-bond donors (Lipinski definition) is 2. The van der Waals surface area contributed by atoms with Crippen molar-refractivity contribution >= 4 is 11.6 Å². The number of nitrogens with one attached hydrogen (secondary N) is 1. The molecule has 0 heterocycles. The molecular formula is C19H31N3O. The third-order valence-electron chi connectivity index (χ3n) is 4.77. The van der Waals surface area contributed by atoms with Crippen LogP contribution in [0.1, 0.15) is 62.7 Å². The van der Waals surface area contributed by atoms with Crippen LogP contribution in [-0.4, -0.2) is 31.1 Å². The van der Waals surface area contributed by atoms with Gasteiger partial charge in [0.15, 0.2) is 0 Å². The van der Waals surface area contributed by atoms with Gasteiger partial charge >= 0.3 is 0 Å². The Hall–Kier alpha value is -1.55. The quantitative estimate of drug-likeness (QED) is 0.811. The van der Waals surface area contributed by atoms with Gasteiger partial charge in [-0.15, -0.1) is 0 Å². The molecule has 0 aromatic heterocycles. The van der Waals surface area contributed by atoms with Crippen LogP contribution in [0, 0.1) is 0 Å². The van der Waals surface area contributed by atoms with Crippen LogP contribution in [-0.2, 0) is 0 Å². The minimum absolute atomic E-state index is 0.0358. The standard InChI is InChI=1S/C19H31N3O/c1-3-5-14-22(4-2)18-12-6-15(7-13-18)19(23)21-17-10-8-16(20)9-11-17/h6-7,12-13,16-17H,3-5,8-11,14,20H2,1-2H3,(H,21,23). The lowest BCUT2D eigenvalue weighted by molar-refractivity contribution is 0.0926. The van der Waals surface area contributed by atoms with E-state index in [1.807, 2.05) is 12.1 Å². The lowest BCUT2D eigenvalue weighted by atomic mass is 9.91. The third kappa shape index (κ3) is 5.24. The Kier molecular flexibility index (Phi) is 6.90. The Morgan fingerprint density at radius 2 is 1.83 bits per heavy atom. The van der Waals surface area contributed by atoms with E-state index in [9.17, 15) is 4.79 Å². The first-order valence-electron chi connectivity index (χ1n) is 9.05. The van der Waals surface area contributed by atoms with Gasteiger partial charge in [-0.05, 0) is 63.3 Å². The van der Waals surface area contributed by atoms with Gasteiger partial charge in [-0.25, -0.2) is 0 Å². The fourth-order valence-corrected chi connectivity index (χ4v) is 3.17. The summed E-state index contributed by atoms with van der Waals surface area (Å²) in [4.78, 5) is 14.7. The molecule has 1 fully saturated rings. The second-order valence-corrected chi connectivity index (χ2v) is 6.57. The Labute approximate surface area is 140 Å². The Morgan fingerprint density at radius 1 is 1.17 bits per heavy atom. The molecule has 0 bridgehead atoms. The van der Waals surface area contributed by atoms with Gasteiger partial charge in [0, 0.05) is 36.4 Å². The zero-order valence-electron chi connectivity index (χ0n) is 14.6. The zero-order chi connectivity index (χ0) is 16.7. The van der Waals surface area contributed by atoms with Crippen molar-refractivity contribution in [3.05, 3.63) is 29.8 Å². The van der Waals surface area contributed by atoms with Crippen LogP contribution >= 0.6 is 0 Å². The van der Waals surface area contributed by atoms with Gasteiger partial charge in [-0.3, -0.25) is 4.79 Å². The first-order valence-corrected chi connectivity index (χ1v) is 9.05. The SMILES string of the molecule is CCCCN(CC)c1ccc(C(=O)NC2CCC(N)CC2)cc1. The average Bonchev–Trinajstić information content (AvgIpc) is 2.58. The number of anilines is 1. The fourth-order valence-electron chi connectivity index (χ4n) is 3.17. The van der Waals surface area contributed by atoms with E-state index in [1.54, 1.807) is 0 Å². The summed E-state index contributed by atoms with van der Waals surface area (Å²) in [5.74, 6) is 0.0358. The molecule has 1 aromatic rings. The molecule has 1 aliphatic rings. The first-order chi connectivity index (χ1) is 11.1. The zero-order valence-corrected chi connectivity index (χ0v) is 14.6. The van der Waals surface area contributed by atoms with Crippen molar-refractivity contribution in [3.8, 4) is 0 Å². The number of hydrogen-bond acceptors (Lipinski definition) is 3. The highest BCUT2D eigenvalue weighted by Crippen LogP contribution is 2.19. The smallest absolute Gasteiger partial charge is 0.251 e. The number of benzene rings is 1. The van der Waals surface area contributed by atoms with E-state index in [0.29, 0.717) is 6.04 Å². The summed E-state index contributed by atoms with van der Waals surface area (Å²) in [6.07, 6.45) is 6.39. The van der Waals surface area contributed by atoms with E-state index >= 15 is 0 Å². The molecule has 1 aliphatic carbocycles. The van der Waals surface area contributed by atoms with Crippen LogP contribution in [0.25, 0.3) is 0 Å². The average molecular weight is 317 g/mol. The maximum atomic E-state index is 12.4. The third-order valence-corrected chi connectivity index (χ3v) is 4.77. The minimum atomic E-state index is 0.0358. The van der Waals surface area contributed by atoms with Crippen molar-refractivity contribution in [1.29, 1.82) is 0 Å². The normalized spacial score (nSPS) is 21.0. The maximum absolute atomic E-state index is 12.4. The summed E-state index contributed by atoms with van der Waals surface area (Å²) in [6.45, 7) is 6.44. The highest BCUT2D eigenvalue weighted by Gasteiger charge is 2.20. The number of carbonyl (C=O) groups excluding carboxylic acids is 1. The molecule has 0 aliphatic heterocycles. The molecular weight excluding hydrogens is 286 g/mol. The molecule has 0 spiro atoms. The number of amides is 1. The van der Waals surface area contributed by atoms with Crippen LogP contribution in [0.3, 0.4) is 0 Å². The maximum Gasteiger partial charge on any atom is 0.251 e. The van der Waals surface area contributed by atoms with Crippen LogP contribution in [0.2, 0.25) is 0 Å². The lowest BCUT2D eigenvalue weighted by Crippen LogP contribution is -2.40. The largest absolute Gasteiger partial charge is 0.372 e. The van der Waals surface area contributed by atoms with Crippen LogP contribution in [0.5, 0.6) is 0 Å². The van der Waals surface area contributed by atoms with E-state index < -0.39 is 0 Å². The van der Waals surface area contributed by atoms with E-state index in [2.05, 4.69) is 36.2 Å². The molecule has 128 valence electrons. The summed E-state index contributed by atoms with van der Waals surface area (Å²) < 4.78 is 0. The number of nitrogens with zero attached hydrogens (tertiary/aromatic N) is 1. The van der Waals surface area contributed by atoms with E-state index in [1.165, 1.54) is 18.5 Å². The van der Waals surface area contributed by atoms with Gasteiger partial charge in [-0.1, -0.05) is 13.3 Å². The van der Waals surface area contributed by atoms with Gasteiger partial charge in [0.2, 0.25) is 0 Å². The summed E-state index contributed by atoms with van der Waals surface area (Å²) in [7, 11) is 0. The predicted molar refractivity (Wildman–Crippen MR) is 96.9 cm³/mol. The molecule has 0 unspecified atom stereocenters. The van der Waals surface area contributed by atoms with Gasteiger partial charge in [0.25, 0.3) is 5.91 Å². The molecule has 3 N–H and O–H groups in total.